The first-order valence-electron chi connectivity index (χ1n) is 5.81. The van der Waals surface area contributed by atoms with E-state index in [2.05, 4.69) is 5.32 Å². The molecule has 0 aliphatic heterocycles. The van der Waals surface area contributed by atoms with Gasteiger partial charge in [0, 0.05) is 11.7 Å². The number of halogens is 1. The van der Waals surface area contributed by atoms with Crippen molar-refractivity contribution in [2.24, 2.45) is 0 Å². The molecular formula is C13H19FN2O2. The lowest BCUT2D eigenvalue weighted by Crippen LogP contribution is -2.38. The summed E-state index contributed by atoms with van der Waals surface area (Å²) in [5.41, 5.74) is 1.28. The highest BCUT2D eigenvalue weighted by atomic mass is 19.1. The van der Waals surface area contributed by atoms with Gasteiger partial charge in [0.25, 0.3) is 0 Å². The third-order valence-corrected chi connectivity index (χ3v) is 2.88. The number of rotatable bonds is 5. The fraction of sp³-hybridized carbons (Fsp3) is 0.462. The summed E-state index contributed by atoms with van der Waals surface area (Å²) in [5.74, 6) is -0.612. The van der Waals surface area contributed by atoms with Gasteiger partial charge in [-0.3, -0.25) is 9.69 Å². The summed E-state index contributed by atoms with van der Waals surface area (Å²) in [7, 11) is 1.75. The minimum atomic E-state index is -0.381. The average Bonchev–Trinajstić information content (AvgIpc) is 2.32. The molecule has 0 fully saturated rings. The number of benzene rings is 1. The summed E-state index contributed by atoms with van der Waals surface area (Å²) < 4.78 is 13.0. The van der Waals surface area contributed by atoms with Crippen molar-refractivity contribution in [3.63, 3.8) is 0 Å². The second-order valence-corrected chi connectivity index (χ2v) is 4.45. The Hall–Kier alpha value is -1.46. The van der Waals surface area contributed by atoms with Gasteiger partial charge in [0.15, 0.2) is 0 Å². The van der Waals surface area contributed by atoms with Gasteiger partial charge in [-0.05, 0) is 38.6 Å². The number of carbonyl (C=O) groups excluding carboxylic acids is 1. The summed E-state index contributed by atoms with van der Waals surface area (Å²) in [6.07, 6.45) is 0. The number of anilines is 1. The number of nitrogens with zero attached hydrogens (tertiary/aromatic N) is 1. The SMILES string of the molecule is Cc1ccc(F)cc1NC(=O)CN(C)C(C)CO. The Morgan fingerprint density at radius 2 is 2.22 bits per heavy atom. The van der Waals surface area contributed by atoms with Gasteiger partial charge in [-0.25, -0.2) is 4.39 Å². The summed E-state index contributed by atoms with van der Waals surface area (Å²) in [5, 5.41) is 11.6. The van der Waals surface area contributed by atoms with Gasteiger partial charge in [0.1, 0.15) is 5.82 Å². The van der Waals surface area contributed by atoms with Crippen LogP contribution in [0.1, 0.15) is 12.5 Å². The number of nitrogens with one attached hydrogen (secondary N) is 1. The van der Waals surface area contributed by atoms with E-state index < -0.39 is 0 Å². The van der Waals surface area contributed by atoms with E-state index in [1.165, 1.54) is 12.1 Å². The molecule has 0 aliphatic carbocycles. The molecule has 0 heterocycles. The van der Waals surface area contributed by atoms with E-state index in [9.17, 15) is 9.18 Å². The third-order valence-electron chi connectivity index (χ3n) is 2.88. The minimum absolute atomic E-state index is 0.0111. The number of hydrogen-bond donors (Lipinski definition) is 2. The molecule has 0 saturated carbocycles. The van der Waals surface area contributed by atoms with Gasteiger partial charge in [0.05, 0.1) is 13.2 Å². The molecular weight excluding hydrogens is 235 g/mol. The molecule has 0 bridgehead atoms. The van der Waals surface area contributed by atoms with Gasteiger partial charge >= 0.3 is 0 Å². The highest BCUT2D eigenvalue weighted by Crippen LogP contribution is 2.15. The first kappa shape index (κ1) is 14.6. The van der Waals surface area contributed by atoms with Crippen molar-refractivity contribution in [2.45, 2.75) is 19.9 Å². The van der Waals surface area contributed by atoms with E-state index in [1.807, 2.05) is 6.92 Å². The molecule has 0 spiro atoms. The standard InChI is InChI=1S/C13H19FN2O2/c1-9-4-5-11(14)6-12(9)15-13(18)7-16(3)10(2)8-17/h4-6,10,17H,7-8H2,1-3H3,(H,15,18). The molecule has 0 saturated heterocycles. The lowest BCUT2D eigenvalue weighted by atomic mass is 10.2. The number of hydrogen-bond acceptors (Lipinski definition) is 3. The Balaban J connectivity index is 2.62. The monoisotopic (exact) mass is 254 g/mol. The van der Waals surface area contributed by atoms with Crippen LogP contribution in [0.25, 0.3) is 0 Å². The van der Waals surface area contributed by atoms with Crippen molar-refractivity contribution in [3.05, 3.63) is 29.6 Å². The fourth-order valence-electron chi connectivity index (χ4n) is 1.44. The molecule has 1 aromatic carbocycles. The Labute approximate surface area is 106 Å². The first-order valence-corrected chi connectivity index (χ1v) is 5.81. The Morgan fingerprint density at radius 3 is 2.83 bits per heavy atom. The van der Waals surface area contributed by atoms with E-state index in [4.69, 9.17) is 5.11 Å². The van der Waals surface area contributed by atoms with Gasteiger partial charge in [-0.2, -0.15) is 0 Å². The van der Waals surface area contributed by atoms with Crippen molar-refractivity contribution in [3.8, 4) is 0 Å². The molecule has 0 aliphatic rings. The molecule has 100 valence electrons. The molecule has 1 rings (SSSR count). The van der Waals surface area contributed by atoms with Crippen molar-refractivity contribution < 1.29 is 14.3 Å². The maximum Gasteiger partial charge on any atom is 0.238 e. The van der Waals surface area contributed by atoms with Gasteiger partial charge < -0.3 is 10.4 Å². The number of likely N-dealkylation sites (N-methyl/N-ethyl adjacent to an activating group) is 1. The first-order chi connectivity index (χ1) is 8.43. The molecule has 2 N–H and O–H groups in total. The second kappa shape index (κ2) is 6.47. The van der Waals surface area contributed by atoms with Crippen LogP contribution in [-0.2, 0) is 4.79 Å². The summed E-state index contributed by atoms with van der Waals surface area (Å²) >= 11 is 0. The lowest BCUT2D eigenvalue weighted by Gasteiger charge is -2.22. The Bertz CT molecular complexity index is 423. The predicted octanol–water partition coefficient (Wildman–Crippen LogP) is 1.39. The molecule has 4 nitrogen and oxygen atoms in total. The van der Waals surface area contributed by atoms with Crippen LogP contribution in [0.3, 0.4) is 0 Å². The van der Waals surface area contributed by atoms with Crippen molar-refractivity contribution in [1.82, 2.24) is 4.90 Å². The average molecular weight is 254 g/mol. The zero-order valence-electron chi connectivity index (χ0n) is 10.9. The van der Waals surface area contributed by atoms with Crippen LogP contribution in [0.4, 0.5) is 10.1 Å². The van der Waals surface area contributed by atoms with E-state index in [-0.39, 0.29) is 30.9 Å². The molecule has 0 radical (unpaired) electrons. The smallest absolute Gasteiger partial charge is 0.238 e. The zero-order chi connectivity index (χ0) is 13.7. The minimum Gasteiger partial charge on any atom is -0.395 e. The second-order valence-electron chi connectivity index (χ2n) is 4.45. The normalized spacial score (nSPS) is 12.6. The third kappa shape index (κ3) is 4.09. The van der Waals surface area contributed by atoms with Crippen LogP contribution in [0.5, 0.6) is 0 Å². The molecule has 18 heavy (non-hydrogen) atoms. The highest BCUT2D eigenvalue weighted by molar-refractivity contribution is 5.92. The highest BCUT2D eigenvalue weighted by Gasteiger charge is 2.13. The van der Waals surface area contributed by atoms with E-state index >= 15 is 0 Å². The number of amides is 1. The quantitative estimate of drug-likeness (QED) is 0.834. The molecule has 0 aromatic heterocycles. The van der Waals surface area contributed by atoms with Crippen molar-refractivity contribution in [1.29, 1.82) is 0 Å². The maximum atomic E-state index is 13.0. The fourth-order valence-corrected chi connectivity index (χ4v) is 1.44. The summed E-state index contributed by atoms with van der Waals surface area (Å²) in [6, 6.07) is 4.17. The molecule has 1 amide bonds. The Kier molecular flexibility index (Phi) is 5.25. The van der Waals surface area contributed by atoms with Crippen LogP contribution in [0, 0.1) is 12.7 Å². The van der Waals surface area contributed by atoms with Crippen molar-refractivity contribution in [2.75, 3.05) is 25.5 Å². The van der Waals surface area contributed by atoms with Gasteiger partial charge in [0.2, 0.25) is 5.91 Å². The topological polar surface area (TPSA) is 52.6 Å². The van der Waals surface area contributed by atoms with E-state index in [0.717, 1.165) is 5.56 Å². The summed E-state index contributed by atoms with van der Waals surface area (Å²) in [4.78, 5) is 13.5. The molecule has 5 heteroatoms. The zero-order valence-corrected chi connectivity index (χ0v) is 10.9. The number of carbonyl (C=O) groups is 1. The Morgan fingerprint density at radius 1 is 1.56 bits per heavy atom. The largest absolute Gasteiger partial charge is 0.395 e. The van der Waals surface area contributed by atoms with Crippen LogP contribution < -0.4 is 5.32 Å². The molecule has 1 atom stereocenters. The summed E-state index contributed by atoms with van der Waals surface area (Å²) in [6.45, 7) is 3.76. The van der Waals surface area contributed by atoms with E-state index in [1.54, 1.807) is 24.9 Å². The van der Waals surface area contributed by atoms with Crippen LogP contribution in [-0.4, -0.2) is 42.2 Å². The number of aryl methyl sites for hydroxylation is 1. The number of aliphatic hydroxyl groups excluding tert-OH is 1. The van der Waals surface area contributed by atoms with Crippen LogP contribution >= 0.6 is 0 Å². The van der Waals surface area contributed by atoms with Crippen molar-refractivity contribution >= 4 is 11.6 Å². The van der Waals surface area contributed by atoms with Gasteiger partial charge in [-0.15, -0.1) is 0 Å². The lowest BCUT2D eigenvalue weighted by molar-refractivity contribution is -0.117. The predicted molar refractivity (Wildman–Crippen MR) is 68.9 cm³/mol. The number of aliphatic hydroxyl groups is 1. The maximum absolute atomic E-state index is 13.0. The van der Waals surface area contributed by atoms with E-state index in [0.29, 0.717) is 5.69 Å². The van der Waals surface area contributed by atoms with Crippen LogP contribution in [0.15, 0.2) is 18.2 Å². The van der Waals surface area contributed by atoms with Gasteiger partial charge in [-0.1, -0.05) is 6.07 Å². The van der Waals surface area contributed by atoms with Crippen LogP contribution in [0.2, 0.25) is 0 Å². The molecule has 1 aromatic rings. The molecule has 1 unspecified atom stereocenters.